The molecule has 2 amide bonds. The summed E-state index contributed by atoms with van der Waals surface area (Å²) in [7, 11) is 0. The molecule has 3 fully saturated rings. The molecule has 1 saturated heterocycles. The Morgan fingerprint density at radius 1 is 1.00 bits per heavy atom. The second-order valence-electron chi connectivity index (χ2n) is 6.00. The van der Waals surface area contributed by atoms with Crippen LogP contribution in [0.5, 0.6) is 5.75 Å². The number of phenols is 1. The standard InChI is InChI=1S/C15H13Br2NO3/c16-12-6-5-7(13(12)17)11-10(6)14(20)18(15(11)21)8-3-1-2-4-9(8)19/h1-4,6-7,10-13,19H,5H2/t6-,7-,10-,11+,12+,13+/m1/s1. The van der Waals surface area contributed by atoms with Crippen molar-refractivity contribution < 1.29 is 14.7 Å². The molecule has 1 aromatic carbocycles. The Bertz CT molecular complexity index is 618. The number of halogens is 2. The van der Waals surface area contributed by atoms with Gasteiger partial charge < -0.3 is 5.11 Å². The number of amides is 2. The van der Waals surface area contributed by atoms with E-state index >= 15 is 0 Å². The van der Waals surface area contributed by atoms with E-state index in [0.29, 0.717) is 5.69 Å². The summed E-state index contributed by atoms with van der Waals surface area (Å²) >= 11 is 7.31. The molecule has 6 heteroatoms. The molecule has 2 saturated carbocycles. The molecule has 2 bridgehead atoms. The zero-order valence-corrected chi connectivity index (χ0v) is 14.1. The Labute approximate surface area is 138 Å². The predicted molar refractivity (Wildman–Crippen MR) is 84.6 cm³/mol. The number of para-hydroxylation sites is 2. The van der Waals surface area contributed by atoms with Crippen LogP contribution in [0, 0.1) is 23.7 Å². The summed E-state index contributed by atoms with van der Waals surface area (Å²) in [6, 6.07) is 6.51. The maximum absolute atomic E-state index is 12.7. The van der Waals surface area contributed by atoms with E-state index < -0.39 is 0 Å². The highest BCUT2D eigenvalue weighted by Gasteiger charge is 2.66. The van der Waals surface area contributed by atoms with Gasteiger partial charge in [-0.15, -0.1) is 0 Å². The number of hydrogen-bond acceptors (Lipinski definition) is 3. The lowest BCUT2D eigenvalue weighted by molar-refractivity contribution is -0.123. The monoisotopic (exact) mass is 413 g/mol. The molecule has 0 spiro atoms. The maximum atomic E-state index is 12.7. The summed E-state index contributed by atoms with van der Waals surface area (Å²) in [6.45, 7) is 0. The van der Waals surface area contributed by atoms with E-state index in [4.69, 9.17) is 0 Å². The summed E-state index contributed by atoms with van der Waals surface area (Å²) in [6.07, 6.45) is 0.910. The molecule has 0 unspecified atom stereocenters. The molecule has 6 atom stereocenters. The first-order valence-corrected chi connectivity index (χ1v) is 8.79. The SMILES string of the molecule is O=C1[C@@H]2[C@H]3C[C@@H]([C@H](Br)[C@H]3Br)[C@@H]2C(=O)N1c1ccccc1O. The van der Waals surface area contributed by atoms with E-state index in [1.165, 1.54) is 11.0 Å². The number of carbonyl (C=O) groups excluding carboxylic acids is 2. The molecule has 1 aliphatic heterocycles. The Morgan fingerprint density at radius 2 is 1.52 bits per heavy atom. The fourth-order valence-corrected chi connectivity index (χ4v) is 6.11. The van der Waals surface area contributed by atoms with Crippen LogP contribution in [-0.4, -0.2) is 26.6 Å². The zero-order chi connectivity index (χ0) is 14.9. The third-order valence-electron chi connectivity index (χ3n) is 5.11. The minimum atomic E-state index is -0.250. The molecule has 4 rings (SSSR count). The first kappa shape index (κ1) is 13.8. The van der Waals surface area contributed by atoms with Crippen LogP contribution < -0.4 is 4.90 Å². The third kappa shape index (κ3) is 1.66. The Morgan fingerprint density at radius 3 is 2.05 bits per heavy atom. The van der Waals surface area contributed by atoms with Crippen LogP contribution in [0.2, 0.25) is 0 Å². The molecule has 0 radical (unpaired) electrons. The van der Waals surface area contributed by atoms with E-state index in [1.807, 2.05) is 0 Å². The largest absolute Gasteiger partial charge is 0.506 e. The summed E-state index contributed by atoms with van der Waals surface area (Å²) in [5, 5.41) is 9.96. The van der Waals surface area contributed by atoms with Gasteiger partial charge in [0.15, 0.2) is 0 Å². The van der Waals surface area contributed by atoms with Crippen molar-refractivity contribution in [2.75, 3.05) is 4.90 Å². The molecule has 110 valence electrons. The van der Waals surface area contributed by atoms with Gasteiger partial charge in [0.25, 0.3) is 0 Å². The molecule has 4 nitrogen and oxygen atoms in total. The van der Waals surface area contributed by atoms with Gasteiger partial charge in [-0.2, -0.15) is 0 Å². The third-order valence-corrected chi connectivity index (χ3v) is 8.32. The lowest BCUT2D eigenvalue weighted by atomic mass is 9.81. The van der Waals surface area contributed by atoms with Gasteiger partial charge in [0.1, 0.15) is 5.75 Å². The number of rotatable bonds is 1. The van der Waals surface area contributed by atoms with Crippen molar-refractivity contribution in [3.05, 3.63) is 24.3 Å². The van der Waals surface area contributed by atoms with Gasteiger partial charge in [-0.1, -0.05) is 44.0 Å². The van der Waals surface area contributed by atoms with Crippen LogP contribution in [0.15, 0.2) is 24.3 Å². The highest BCUT2D eigenvalue weighted by Crippen LogP contribution is 2.60. The summed E-state index contributed by atoms with van der Waals surface area (Å²) in [5.74, 6) is -0.475. The second-order valence-corrected chi connectivity index (χ2v) is 8.12. The number of aromatic hydroxyl groups is 1. The number of benzene rings is 1. The Balaban J connectivity index is 1.77. The molecule has 1 N–H and O–H groups in total. The van der Waals surface area contributed by atoms with Crippen molar-refractivity contribution in [1.29, 1.82) is 0 Å². The van der Waals surface area contributed by atoms with Crippen molar-refractivity contribution in [3.63, 3.8) is 0 Å². The lowest BCUT2D eigenvalue weighted by Crippen LogP contribution is -2.37. The van der Waals surface area contributed by atoms with Crippen molar-refractivity contribution in [2.24, 2.45) is 23.7 Å². The van der Waals surface area contributed by atoms with Crippen LogP contribution in [-0.2, 0) is 9.59 Å². The highest BCUT2D eigenvalue weighted by atomic mass is 79.9. The van der Waals surface area contributed by atoms with Crippen molar-refractivity contribution >= 4 is 49.4 Å². The zero-order valence-electron chi connectivity index (χ0n) is 10.9. The number of fused-ring (bicyclic) bond motifs is 5. The fraction of sp³-hybridized carbons (Fsp3) is 0.467. The van der Waals surface area contributed by atoms with Crippen LogP contribution in [0.4, 0.5) is 5.69 Å². The van der Waals surface area contributed by atoms with Crippen molar-refractivity contribution in [3.8, 4) is 5.75 Å². The normalized spacial score (nSPS) is 41.0. The molecule has 3 aliphatic rings. The molecular formula is C15H13Br2NO3. The summed E-state index contributed by atoms with van der Waals surface area (Å²) < 4.78 is 0. The van der Waals surface area contributed by atoms with Gasteiger partial charge >= 0.3 is 0 Å². The van der Waals surface area contributed by atoms with E-state index in [0.717, 1.165) is 6.42 Å². The van der Waals surface area contributed by atoms with Crippen LogP contribution in [0.25, 0.3) is 0 Å². The average molecular weight is 415 g/mol. The van der Waals surface area contributed by atoms with E-state index in [1.54, 1.807) is 18.2 Å². The highest BCUT2D eigenvalue weighted by molar-refractivity contribution is 9.12. The molecule has 1 heterocycles. The Kier molecular flexibility index (Phi) is 2.99. The molecule has 21 heavy (non-hydrogen) atoms. The van der Waals surface area contributed by atoms with E-state index in [2.05, 4.69) is 31.9 Å². The number of carbonyl (C=O) groups is 2. The fourth-order valence-electron chi connectivity index (χ4n) is 4.24. The van der Waals surface area contributed by atoms with Gasteiger partial charge in [0.05, 0.1) is 17.5 Å². The van der Waals surface area contributed by atoms with Gasteiger partial charge in [-0.05, 0) is 30.4 Å². The van der Waals surface area contributed by atoms with Gasteiger partial charge in [-0.25, -0.2) is 4.90 Å². The number of imide groups is 1. The molecule has 1 aromatic rings. The number of anilines is 1. The van der Waals surface area contributed by atoms with Crippen molar-refractivity contribution in [1.82, 2.24) is 0 Å². The predicted octanol–water partition coefficient (Wildman–Crippen LogP) is 2.67. The first-order chi connectivity index (χ1) is 10.0. The molecule has 2 aliphatic carbocycles. The number of alkyl halides is 2. The smallest absolute Gasteiger partial charge is 0.238 e. The first-order valence-electron chi connectivity index (χ1n) is 6.96. The topological polar surface area (TPSA) is 57.6 Å². The van der Waals surface area contributed by atoms with Crippen LogP contribution in [0.1, 0.15) is 6.42 Å². The second kappa shape index (κ2) is 4.56. The average Bonchev–Trinajstić information content (AvgIpc) is 3.06. The lowest BCUT2D eigenvalue weighted by Gasteiger charge is -2.28. The van der Waals surface area contributed by atoms with Gasteiger partial charge in [0, 0.05) is 9.65 Å². The number of nitrogens with zero attached hydrogens (tertiary/aromatic N) is 1. The van der Waals surface area contributed by atoms with E-state index in [9.17, 15) is 14.7 Å². The number of phenolic OH excluding ortho intramolecular Hbond substituents is 1. The number of hydrogen-bond donors (Lipinski definition) is 1. The van der Waals surface area contributed by atoms with Crippen LogP contribution >= 0.6 is 31.9 Å². The van der Waals surface area contributed by atoms with Gasteiger partial charge in [-0.3, -0.25) is 9.59 Å². The Hall–Kier alpha value is -0.880. The maximum Gasteiger partial charge on any atom is 0.238 e. The summed E-state index contributed by atoms with van der Waals surface area (Å²) in [4.78, 5) is 27.1. The quantitative estimate of drug-likeness (QED) is 0.567. The van der Waals surface area contributed by atoms with Gasteiger partial charge in [0.2, 0.25) is 11.8 Å². The minimum Gasteiger partial charge on any atom is -0.506 e. The van der Waals surface area contributed by atoms with E-state index in [-0.39, 0.29) is 50.9 Å². The molecular weight excluding hydrogens is 402 g/mol. The summed E-state index contributed by atoms with van der Waals surface area (Å²) in [5.41, 5.74) is 0.304. The molecule has 0 aromatic heterocycles. The van der Waals surface area contributed by atoms with Crippen LogP contribution in [0.3, 0.4) is 0 Å². The van der Waals surface area contributed by atoms with Crippen molar-refractivity contribution in [2.45, 2.75) is 16.1 Å². The minimum absolute atomic E-state index is 0.0303.